The number of unbranched alkanes of at least 4 members (excludes halogenated alkanes) is 3. The van der Waals surface area contributed by atoms with E-state index in [0.717, 1.165) is 12.8 Å². The molecule has 1 aliphatic rings. The second-order valence-electron chi connectivity index (χ2n) is 7.39. The molecule has 0 spiro atoms. The van der Waals surface area contributed by atoms with Crippen molar-refractivity contribution in [1.29, 1.82) is 0 Å². The number of hydrogen-bond acceptors (Lipinski definition) is 2. The van der Waals surface area contributed by atoms with Crippen molar-refractivity contribution in [3.8, 4) is 0 Å². The Morgan fingerprint density at radius 3 is 1.86 bits per heavy atom. The lowest BCUT2D eigenvalue weighted by molar-refractivity contribution is -0.190. The zero-order valence-electron chi connectivity index (χ0n) is 15.5. The molecule has 1 atom stereocenters. The average molecular weight is 311 g/mol. The molecule has 0 aromatic carbocycles. The minimum absolute atomic E-state index is 0.0737. The molecule has 1 aliphatic carbocycles. The number of carbonyl (C=O) groups is 1. The van der Waals surface area contributed by atoms with Gasteiger partial charge < -0.3 is 4.74 Å². The molecule has 1 rings (SSSR count). The van der Waals surface area contributed by atoms with Crippen molar-refractivity contribution in [2.45, 2.75) is 117 Å². The summed E-state index contributed by atoms with van der Waals surface area (Å²) < 4.78 is 6.15. The molecule has 0 saturated heterocycles. The fourth-order valence-corrected chi connectivity index (χ4v) is 4.57. The van der Waals surface area contributed by atoms with Gasteiger partial charge in [-0.2, -0.15) is 0 Å². The first-order valence-corrected chi connectivity index (χ1v) is 9.75. The highest BCUT2D eigenvalue weighted by atomic mass is 16.6. The van der Waals surface area contributed by atoms with Crippen LogP contribution in [0.2, 0.25) is 0 Å². The van der Waals surface area contributed by atoms with Crippen LogP contribution in [0.15, 0.2) is 0 Å². The third-order valence-electron chi connectivity index (χ3n) is 5.74. The Labute approximate surface area is 138 Å². The largest absolute Gasteiger partial charge is 0.459 e. The second kappa shape index (κ2) is 9.57. The van der Waals surface area contributed by atoms with Crippen LogP contribution in [-0.2, 0) is 9.53 Å². The van der Waals surface area contributed by atoms with E-state index in [2.05, 4.69) is 20.8 Å². The van der Waals surface area contributed by atoms with Gasteiger partial charge in [0.15, 0.2) is 0 Å². The van der Waals surface area contributed by atoms with E-state index in [9.17, 15) is 4.79 Å². The van der Waals surface area contributed by atoms with E-state index in [-0.39, 0.29) is 17.0 Å². The van der Waals surface area contributed by atoms with E-state index < -0.39 is 0 Å². The first-order valence-electron chi connectivity index (χ1n) is 9.75. The fourth-order valence-electron chi connectivity index (χ4n) is 4.57. The van der Waals surface area contributed by atoms with Crippen LogP contribution in [0.25, 0.3) is 0 Å². The maximum absolute atomic E-state index is 11.9. The molecule has 2 nitrogen and oxygen atoms in total. The van der Waals surface area contributed by atoms with Crippen molar-refractivity contribution < 1.29 is 9.53 Å². The molecule has 22 heavy (non-hydrogen) atoms. The summed E-state index contributed by atoms with van der Waals surface area (Å²) >= 11 is 0. The Hall–Kier alpha value is -0.530. The zero-order valence-corrected chi connectivity index (χ0v) is 15.5. The van der Waals surface area contributed by atoms with E-state index in [4.69, 9.17) is 4.74 Å². The topological polar surface area (TPSA) is 26.3 Å². The van der Waals surface area contributed by atoms with Crippen molar-refractivity contribution in [1.82, 2.24) is 0 Å². The van der Waals surface area contributed by atoms with Gasteiger partial charge in [0.1, 0.15) is 5.60 Å². The molecule has 0 amide bonds. The van der Waals surface area contributed by atoms with E-state index in [1.165, 1.54) is 70.6 Å². The van der Waals surface area contributed by atoms with Gasteiger partial charge in [-0.25, -0.2) is 0 Å². The summed E-state index contributed by atoms with van der Waals surface area (Å²) in [6.07, 6.45) is 15.8. The van der Waals surface area contributed by atoms with Crippen LogP contribution in [-0.4, -0.2) is 11.6 Å². The van der Waals surface area contributed by atoms with Gasteiger partial charge >= 0.3 is 5.97 Å². The van der Waals surface area contributed by atoms with Crippen LogP contribution >= 0.6 is 0 Å². The molecular formula is C20H38O2. The number of carbonyl (C=O) groups excluding carboxylic acids is 1. The van der Waals surface area contributed by atoms with E-state index in [1.807, 2.05) is 0 Å². The van der Waals surface area contributed by atoms with Crippen molar-refractivity contribution >= 4 is 5.97 Å². The second-order valence-corrected chi connectivity index (χ2v) is 7.39. The molecule has 130 valence electrons. The van der Waals surface area contributed by atoms with Crippen LogP contribution < -0.4 is 0 Å². The highest BCUT2D eigenvalue weighted by molar-refractivity contribution is 5.66. The number of ether oxygens (including phenoxy) is 1. The Kier molecular flexibility index (Phi) is 8.49. The first-order chi connectivity index (χ1) is 10.6. The van der Waals surface area contributed by atoms with Crippen molar-refractivity contribution in [3.63, 3.8) is 0 Å². The van der Waals surface area contributed by atoms with Gasteiger partial charge in [-0.15, -0.1) is 0 Å². The molecular weight excluding hydrogens is 272 g/mol. The lowest BCUT2D eigenvalue weighted by Gasteiger charge is -2.53. The minimum Gasteiger partial charge on any atom is -0.459 e. The van der Waals surface area contributed by atoms with Gasteiger partial charge in [-0.1, -0.05) is 59.3 Å². The average Bonchev–Trinajstić information content (AvgIpc) is 2.50. The molecule has 0 bridgehead atoms. The molecule has 2 heteroatoms. The molecule has 0 aromatic heterocycles. The molecule has 0 N–H and O–H groups in total. The van der Waals surface area contributed by atoms with Gasteiger partial charge in [-0.3, -0.25) is 4.79 Å². The summed E-state index contributed by atoms with van der Waals surface area (Å²) in [5.74, 6) is -0.0737. The van der Waals surface area contributed by atoms with Gasteiger partial charge in [0.05, 0.1) is 0 Å². The zero-order chi connectivity index (χ0) is 16.5. The maximum atomic E-state index is 11.9. The Bertz CT molecular complexity index is 316. The first kappa shape index (κ1) is 19.5. The van der Waals surface area contributed by atoms with Crippen molar-refractivity contribution in [2.24, 2.45) is 5.41 Å². The molecule has 0 aromatic rings. The normalized spacial score (nSPS) is 24.2. The van der Waals surface area contributed by atoms with E-state index >= 15 is 0 Å². The van der Waals surface area contributed by atoms with Gasteiger partial charge in [0.2, 0.25) is 0 Å². The summed E-state index contributed by atoms with van der Waals surface area (Å²) in [4.78, 5) is 11.9. The van der Waals surface area contributed by atoms with Gasteiger partial charge in [0, 0.05) is 12.3 Å². The third kappa shape index (κ3) is 4.73. The SMILES string of the molecule is CCCCC1(CCCC)CCCCC1(CCCC)OC(C)=O. The standard InChI is InChI=1S/C20H38O2/c1-5-8-13-19(14-9-6-2)15-11-12-17-20(19,16-10-7-3)22-18(4)21/h5-17H2,1-4H3. The third-order valence-corrected chi connectivity index (χ3v) is 5.74. The lowest BCUT2D eigenvalue weighted by atomic mass is 9.57. The van der Waals surface area contributed by atoms with Crippen LogP contribution in [0.1, 0.15) is 111 Å². The quantitative estimate of drug-likeness (QED) is 0.435. The van der Waals surface area contributed by atoms with Crippen LogP contribution in [0.4, 0.5) is 0 Å². The highest BCUT2D eigenvalue weighted by Crippen LogP contribution is 2.55. The predicted octanol–water partition coefficient (Wildman–Crippen LogP) is 6.42. The summed E-state index contributed by atoms with van der Waals surface area (Å²) in [5, 5.41) is 0. The van der Waals surface area contributed by atoms with Crippen LogP contribution in [0.5, 0.6) is 0 Å². The number of hydrogen-bond donors (Lipinski definition) is 0. The summed E-state index contributed by atoms with van der Waals surface area (Å²) in [6, 6.07) is 0. The molecule has 0 radical (unpaired) electrons. The summed E-state index contributed by atoms with van der Waals surface area (Å²) in [7, 11) is 0. The van der Waals surface area contributed by atoms with E-state index in [0.29, 0.717) is 0 Å². The Morgan fingerprint density at radius 2 is 1.36 bits per heavy atom. The molecule has 1 unspecified atom stereocenters. The minimum atomic E-state index is -0.183. The van der Waals surface area contributed by atoms with E-state index in [1.54, 1.807) is 6.92 Å². The number of esters is 1. The highest BCUT2D eigenvalue weighted by Gasteiger charge is 2.53. The van der Waals surface area contributed by atoms with Crippen molar-refractivity contribution in [3.05, 3.63) is 0 Å². The Balaban J connectivity index is 3.11. The van der Waals surface area contributed by atoms with Crippen LogP contribution in [0, 0.1) is 5.41 Å². The van der Waals surface area contributed by atoms with Gasteiger partial charge in [-0.05, 0) is 44.9 Å². The van der Waals surface area contributed by atoms with Crippen LogP contribution in [0.3, 0.4) is 0 Å². The monoisotopic (exact) mass is 310 g/mol. The maximum Gasteiger partial charge on any atom is 0.303 e. The number of rotatable bonds is 10. The Morgan fingerprint density at radius 1 is 0.864 bits per heavy atom. The smallest absolute Gasteiger partial charge is 0.303 e. The molecule has 0 aliphatic heterocycles. The molecule has 0 heterocycles. The lowest BCUT2D eigenvalue weighted by Crippen LogP contribution is -2.53. The summed E-state index contributed by atoms with van der Waals surface area (Å²) in [5.41, 5.74) is 0.0511. The van der Waals surface area contributed by atoms with Crippen molar-refractivity contribution in [2.75, 3.05) is 0 Å². The summed E-state index contributed by atoms with van der Waals surface area (Å²) in [6.45, 7) is 8.39. The molecule has 1 saturated carbocycles. The predicted molar refractivity (Wildman–Crippen MR) is 94.0 cm³/mol. The van der Waals surface area contributed by atoms with Gasteiger partial charge in [0.25, 0.3) is 0 Å². The fraction of sp³-hybridized carbons (Fsp3) is 0.950. The molecule has 1 fully saturated rings.